The van der Waals surface area contributed by atoms with E-state index in [1.165, 1.54) is 7.11 Å². The molecule has 2 aromatic rings. The lowest BCUT2D eigenvalue weighted by Crippen LogP contribution is -2.51. The average molecular weight is 523 g/mol. The summed E-state index contributed by atoms with van der Waals surface area (Å²) in [6.07, 6.45) is 4.53. The zero-order valence-corrected chi connectivity index (χ0v) is 22.2. The van der Waals surface area contributed by atoms with Crippen LogP contribution in [0.25, 0.3) is 0 Å². The molecule has 10 nitrogen and oxygen atoms in total. The van der Waals surface area contributed by atoms with Crippen LogP contribution in [0.1, 0.15) is 50.8 Å². The summed E-state index contributed by atoms with van der Waals surface area (Å²) >= 11 is 0. The molecule has 0 saturated heterocycles. The van der Waals surface area contributed by atoms with Crippen LogP contribution in [0.3, 0.4) is 0 Å². The molecule has 0 fully saturated rings. The Bertz CT molecular complexity index is 1200. The van der Waals surface area contributed by atoms with Gasteiger partial charge in [0.15, 0.2) is 0 Å². The average Bonchev–Trinajstić information content (AvgIpc) is 2.83. The Hall–Kier alpha value is -4.52. The Kier molecular flexibility index (Phi) is 10.3. The molecule has 0 aliphatic carbocycles. The van der Waals surface area contributed by atoms with Gasteiger partial charge in [0.2, 0.25) is 5.91 Å². The number of hydrogen-bond acceptors (Lipinski definition) is 6. The molecule has 2 unspecified atom stereocenters. The maximum Gasteiger partial charge on any atom is 0.408 e. The summed E-state index contributed by atoms with van der Waals surface area (Å²) in [5.74, 6) is -1.44. The van der Waals surface area contributed by atoms with Crippen molar-refractivity contribution in [2.24, 2.45) is 5.73 Å². The number of terminal acetylenes is 1. The van der Waals surface area contributed by atoms with Crippen molar-refractivity contribution in [3.8, 4) is 18.2 Å². The van der Waals surface area contributed by atoms with Crippen LogP contribution in [0.4, 0.5) is 10.5 Å². The Morgan fingerprint density at radius 1 is 1.11 bits per heavy atom. The second-order valence-corrected chi connectivity index (χ2v) is 9.58. The van der Waals surface area contributed by atoms with Crippen molar-refractivity contribution in [3.05, 3.63) is 59.7 Å². The number of primary amides is 1. The summed E-state index contributed by atoms with van der Waals surface area (Å²) in [6, 6.07) is 13.4. The third-order valence-corrected chi connectivity index (χ3v) is 5.27. The minimum absolute atomic E-state index is 0.147. The molecule has 0 aromatic heterocycles. The van der Waals surface area contributed by atoms with Crippen molar-refractivity contribution in [1.82, 2.24) is 10.2 Å². The van der Waals surface area contributed by atoms with Crippen LogP contribution in [0.5, 0.6) is 5.75 Å². The van der Waals surface area contributed by atoms with Crippen molar-refractivity contribution in [3.63, 3.8) is 0 Å². The largest absolute Gasteiger partial charge is 0.497 e. The third kappa shape index (κ3) is 8.85. The zero-order chi connectivity index (χ0) is 28.5. The van der Waals surface area contributed by atoms with Crippen molar-refractivity contribution < 1.29 is 28.7 Å². The van der Waals surface area contributed by atoms with E-state index in [-0.39, 0.29) is 12.8 Å². The SMILES string of the molecule is C#CN(C(=O)C(CCC(N)=O)NC(=O)OC(C)(C)C)C(C(=O)Nc1ccc(OC)cc1)c1cccc(C)c1. The van der Waals surface area contributed by atoms with Gasteiger partial charge in [0.1, 0.15) is 23.4 Å². The summed E-state index contributed by atoms with van der Waals surface area (Å²) in [6.45, 7) is 6.83. The smallest absolute Gasteiger partial charge is 0.408 e. The van der Waals surface area contributed by atoms with E-state index in [1.807, 2.05) is 13.0 Å². The molecule has 2 atom stereocenters. The van der Waals surface area contributed by atoms with Crippen LogP contribution in [0.15, 0.2) is 48.5 Å². The number of benzene rings is 2. The number of nitrogens with two attached hydrogens (primary N) is 1. The maximum atomic E-state index is 13.7. The van der Waals surface area contributed by atoms with Gasteiger partial charge in [0.25, 0.3) is 11.8 Å². The molecule has 10 heteroatoms. The zero-order valence-electron chi connectivity index (χ0n) is 22.2. The van der Waals surface area contributed by atoms with Crippen LogP contribution in [0, 0.1) is 19.4 Å². The fourth-order valence-corrected chi connectivity index (χ4v) is 3.57. The minimum atomic E-state index is -1.28. The molecule has 0 heterocycles. The van der Waals surface area contributed by atoms with Crippen molar-refractivity contribution >= 4 is 29.5 Å². The molecule has 0 radical (unpaired) electrons. The highest BCUT2D eigenvalue weighted by molar-refractivity contribution is 5.99. The molecule has 38 heavy (non-hydrogen) atoms. The fourth-order valence-electron chi connectivity index (χ4n) is 3.57. The second kappa shape index (κ2) is 13.1. The fraction of sp³-hybridized carbons (Fsp3) is 0.357. The van der Waals surface area contributed by atoms with Crippen LogP contribution in [-0.2, 0) is 19.1 Å². The molecular formula is C28H34N4O6. The van der Waals surface area contributed by atoms with Gasteiger partial charge in [-0.15, -0.1) is 0 Å². The number of anilines is 1. The van der Waals surface area contributed by atoms with Gasteiger partial charge >= 0.3 is 6.09 Å². The number of nitrogens with zero attached hydrogens (tertiary/aromatic N) is 1. The molecule has 0 spiro atoms. The predicted octanol–water partition coefficient (Wildman–Crippen LogP) is 3.26. The van der Waals surface area contributed by atoms with Crippen LogP contribution in [-0.4, -0.2) is 47.5 Å². The number of carbonyl (C=O) groups is 4. The standard InChI is InChI=1S/C28H34N4O6/c1-7-32(26(35)22(15-16-23(29)33)31-27(36)38-28(3,4)5)24(19-10-8-9-18(2)17-19)25(34)30-20-11-13-21(37-6)14-12-20/h1,8-14,17,22,24H,15-16H2,2-6H3,(H2,29,33)(H,30,34)(H,31,36). The second-order valence-electron chi connectivity index (χ2n) is 9.58. The molecule has 0 aliphatic rings. The van der Waals surface area contributed by atoms with Gasteiger partial charge in [-0.2, -0.15) is 0 Å². The normalized spacial score (nSPS) is 12.3. The number of hydrogen-bond donors (Lipinski definition) is 3. The quantitative estimate of drug-likeness (QED) is 0.323. The molecular weight excluding hydrogens is 488 g/mol. The Morgan fingerprint density at radius 2 is 1.76 bits per heavy atom. The molecule has 0 saturated carbocycles. The van der Waals surface area contributed by atoms with Gasteiger partial charge in [-0.1, -0.05) is 36.3 Å². The van der Waals surface area contributed by atoms with Gasteiger partial charge < -0.3 is 25.8 Å². The van der Waals surface area contributed by atoms with E-state index >= 15 is 0 Å². The number of methoxy groups -OCH3 is 1. The first-order chi connectivity index (χ1) is 17.8. The van der Waals surface area contributed by atoms with Crippen LogP contribution < -0.4 is 21.1 Å². The first kappa shape index (κ1) is 29.7. The summed E-state index contributed by atoms with van der Waals surface area (Å²) in [5, 5.41) is 5.23. The lowest BCUT2D eigenvalue weighted by atomic mass is 10.0. The van der Waals surface area contributed by atoms with Crippen molar-refractivity contribution in [1.29, 1.82) is 0 Å². The molecule has 2 aromatic carbocycles. The Balaban J connectivity index is 2.45. The molecule has 2 rings (SSSR count). The number of ether oxygens (including phenoxy) is 2. The molecule has 4 N–H and O–H groups in total. The van der Waals surface area contributed by atoms with E-state index in [4.69, 9.17) is 21.6 Å². The number of aryl methyl sites for hydroxylation is 1. The maximum absolute atomic E-state index is 13.7. The monoisotopic (exact) mass is 522 g/mol. The molecule has 202 valence electrons. The van der Waals surface area contributed by atoms with E-state index in [0.29, 0.717) is 17.0 Å². The highest BCUT2D eigenvalue weighted by Gasteiger charge is 2.36. The molecule has 4 amide bonds. The Labute approximate surface area is 222 Å². The minimum Gasteiger partial charge on any atom is -0.497 e. The van der Waals surface area contributed by atoms with Crippen molar-refractivity contribution in [2.45, 2.75) is 58.2 Å². The highest BCUT2D eigenvalue weighted by atomic mass is 16.6. The van der Waals surface area contributed by atoms with E-state index in [1.54, 1.807) is 63.2 Å². The van der Waals surface area contributed by atoms with E-state index in [0.717, 1.165) is 10.5 Å². The van der Waals surface area contributed by atoms with Gasteiger partial charge in [0.05, 0.1) is 7.11 Å². The number of rotatable bonds is 10. The van der Waals surface area contributed by atoms with Gasteiger partial charge in [0, 0.05) is 18.2 Å². The predicted molar refractivity (Wildman–Crippen MR) is 143 cm³/mol. The number of alkyl carbamates (subject to hydrolysis) is 1. The summed E-state index contributed by atoms with van der Waals surface area (Å²) < 4.78 is 10.4. The molecule has 0 bridgehead atoms. The van der Waals surface area contributed by atoms with Crippen molar-refractivity contribution in [2.75, 3.05) is 12.4 Å². The third-order valence-electron chi connectivity index (χ3n) is 5.27. The summed E-state index contributed by atoms with van der Waals surface area (Å²) in [5.41, 5.74) is 6.19. The van der Waals surface area contributed by atoms with E-state index < -0.39 is 41.5 Å². The van der Waals surface area contributed by atoms with Gasteiger partial charge in [-0.05, 0) is 63.9 Å². The number of amides is 4. The Morgan fingerprint density at radius 3 is 2.29 bits per heavy atom. The van der Waals surface area contributed by atoms with E-state index in [9.17, 15) is 19.2 Å². The van der Waals surface area contributed by atoms with Crippen LogP contribution >= 0.6 is 0 Å². The first-order valence-corrected chi connectivity index (χ1v) is 11.9. The van der Waals surface area contributed by atoms with Gasteiger partial charge in [-0.25, -0.2) is 4.79 Å². The van der Waals surface area contributed by atoms with E-state index in [2.05, 4.69) is 16.7 Å². The highest BCUT2D eigenvalue weighted by Crippen LogP contribution is 2.26. The molecule has 0 aliphatic heterocycles. The van der Waals surface area contributed by atoms with Gasteiger partial charge in [-0.3, -0.25) is 19.3 Å². The topological polar surface area (TPSA) is 140 Å². The lowest BCUT2D eigenvalue weighted by molar-refractivity contribution is -0.137. The number of nitrogens with one attached hydrogen (secondary N) is 2. The summed E-state index contributed by atoms with van der Waals surface area (Å²) in [7, 11) is 1.53. The lowest BCUT2D eigenvalue weighted by Gasteiger charge is -2.30. The van der Waals surface area contributed by atoms with Crippen LogP contribution in [0.2, 0.25) is 0 Å². The first-order valence-electron chi connectivity index (χ1n) is 11.9. The number of carbonyl (C=O) groups excluding carboxylic acids is 4. The summed E-state index contributed by atoms with van der Waals surface area (Å²) in [4.78, 5) is 52.1.